The maximum atomic E-state index is 13.3. The van der Waals surface area contributed by atoms with Gasteiger partial charge in [0.05, 0.1) is 6.04 Å². The molecule has 0 aliphatic carbocycles. The maximum Gasteiger partial charge on any atom is 0.237 e. The van der Waals surface area contributed by atoms with E-state index < -0.39 is 0 Å². The van der Waals surface area contributed by atoms with Crippen LogP contribution >= 0.6 is 0 Å². The van der Waals surface area contributed by atoms with E-state index in [0.29, 0.717) is 13.0 Å². The number of amides is 1. The lowest BCUT2D eigenvalue weighted by Gasteiger charge is -2.23. The first-order valence-corrected chi connectivity index (χ1v) is 7.08. The van der Waals surface area contributed by atoms with E-state index in [9.17, 15) is 9.18 Å². The first kappa shape index (κ1) is 13.8. The van der Waals surface area contributed by atoms with E-state index in [1.165, 1.54) is 12.1 Å². The van der Waals surface area contributed by atoms with Gasteiger partial charge in [-0.3, -0.25) is 4.79 Å². The fourth-order valence-corrected chi connectivity index (χ4v) is 2.59. The second kappa shape index (κ2) is 6.06. The standard InChI is InChI=1S/C17H17FN2O/c18-15-6-2-5-14(11-15)13-4-1-3-12(9-13)10-16-17(21)20-8-7-19-16/h1-6,9,11,16,19H,7-8,10H2,(H,20,21)/t16-/m1/s1. The normalized spacial score (nSPS) is 18.3. The molecule has 0 radical (unpaired) electrons. The molecule has 1 saturated heterocycles. The zero-order chi connectivity index (χ0) is 14.7. The number of hydrogen-bond acceptors (Lipinski definition) is 2. The number of nitrogens with one attached hydrogen (secondary N) is 2. The smallest absolute Gasteiger partial charge is 0.237 e. The molecule has 21 heavy (non-hydrogen) atoms. The minimum absolute atomic E-state index is 0.0393. The van der Waals surface area contributed by atoms with Gasteiger partial charge >= 0.3 is 0 Å². The van der Waals surface area contributed by atoms with Gasteiger partial charge in [0.2, 0.25) is 5.91 Å². The van der Waals surface area contributed by atoms with Crippen LogP contribution in [0.1, 0.15) is 5.56 Å². The Kier molecular flexibility index (Phi) is 3.97. The fraction of sp³-hybridized carbons (Fsp3) is 0.235. The van der Waals surface area contributed by atoms with Gasteiger partial charge in [0.1, 0.15) is 5.82 Å². The third-order valence-electron chi connectivity index (χ3n) is 3.66. The van der Waals surface area contributed by atoms with E-state index in [4.69, 9.17) is 0 Å². The molecule has 3 rings (SSSR count). The second-order valence-electron chi connectivity index (χ2n) is 5.21. The summed E-state index contributed by atoms with van der Waals surface area (Å²) in [5, 5.41) is 6.07. The molecule has 1 fully saturated rings. The van der Waals surface area contributed by atoms with Gasteiger partial charge in [0.25, 0.3) is 0 Å². The molecule has 0 unspecified atom stereocenters. The minimum Gasteiger partial charge on any atom is -0.353 e. The van der Waals surface area contributed by atoms with Crippen molar-refractivity contribution < 1.29 is 9.18 Å². The van der Waals surface area contributed by atoms with Gasteiger partial charge < -0.3 is 10.6 Å². The molecular formula is C17H17FN2O. The van der Waals surface area contributed by atoms with E-state index >= 15 is 0 Å². The average molecular weight is 284 g/mol. The van der Waals surface area contributed by atoms with Crippen molar-refractivity contribution in [1.82, 2.24) is 10.6 Å². The van der Waals surface area contributed by atoms with Crippen molar-refractivity contribution >= 4 is 5.91 Å². The summed E-state index contributed by atoms with van der Waals surface area (Å²) < 4.78 is 13.3. The molecule has 1 heterocycles. The van der Waals surface area contributed by atoms with E-state index in [1.807, 2.05) is 30.3 Å². The van der Waals surface area contributed by atoms with Crippen LogP contribution < -0.4 is 10.6 Å². The van der Waals surface area contributed by atoms with Crippen molar-refractivity contribution in [3.63, 3.8) is 0 Å². The van der Waals surface area contributed by atoms with Crippen LogP contribution in [0.3, 0.4) is 0 Å². The number of benzene rings is 2. The Labute approximate surface area is 123 Å². The second-order valence-corrected chi connectivity index (χ2v) is 5.21. The highest BCUT2D eigenvalue weighted by Gasteiger charge is 2.21. The highest BCUT2D eigenvalue weighted by atomic mass is 19.1. The van der Waals surface area contributed by atoms with Crippen molar-refractivity contribution in [3.05, 3.63) is 59.9 Å². The molecular weight excluding hydrogens is 267 g/mol. The topological polar surface area (TPSA) is 41.1 Å². The van der Waals surface area contributed by atoms with Crippen molar-refractivity contribution in [3.8, 4) is 11.1 Å². The van der Waals surface area contributed by atoms with Gasteiger partial charge in [-0.05, 0) is 35.2 Å². The SMILES string of the molecule is O=C1NCCN[C@@H]1Cc1cccc(-c2cccc(F)c2)c1. The van der Waals surface area contributed by atoms with E-state index in [2.05, 4.69) is 10.6 Å². The Balaban J connectivity index is 1.81. The quantitative estimate of drug-likeness (QED) is 0.906. The highest BCUT2D eigenvalue weighted by molar-refractivity contribution is 5.82. The number of piperazine rings is 1. The van der Waals surface area contributed by atoms with Gasteiger partial charge in [0.15, 0.2) is 0 Å². The summed E-state index contributed by atoms with van der Waals surface area (Å²) >= 11 is 0. The molecule has 1 aliphatic rings. The lowest BCUT2D eigenvalue weighted by molar-refractivity contribution is -0.124. The average Bonchev–Trinajstić information content (AvgIpc) is 2.50. The molecule has 2 N–H and O–H groups in total. The van der Waals surface area contributed by atoms with Crippen molar-refractivity contribution in [2.75, 3.05) is 13.1 Å². The third-order valence-corrected chi connectivity index (χ3v) is 3.66. The van der Waals surface area contributed by atoms with E-state index in [1.54, 1.807) is 6.07 Å². The molecule has 108 valence electrons. The number of rotatable bonds is 3. The molecule has 1 atom stereocenters. The summed E-state index contributed by atoms with van der Waals surface area (Å²) in [5.41, 5.74) is 2.87. The Morgan fingerprint density at radius 2 is 1.81 bits per heavy atom. The van der Waals surface area contributed by atoms with Crippen LogP contribution in [0.25, 0.3) is 11.1 Å². The Morgan fingerprint density at radius 1 is 1.05 bits per heavy atom. The Hall–Kier alpha value is -2.20. The zero-order valence-corrected chi connectivity index (χ0v) is 11.6. The molecule has 2 aromatic carbocycles. The van der Waals surface area contributed by atoms with Crippen LogP contribution in [-0.4, -0.2) is 25.0 Å². The number of carbonyl (C=O) groups excluding carboxylic acids is 1. The third kappa shape index (κ3) is 3.28. The van der Waals surface area contributed by atoms with Crippen LogP contribution in [0.2, 0.25) is 0 Å². The van der Waals surface area contributed by atoms with Crippen LogP contribution in [0.5, 0.6) is 0 Å². The predicted molar refractivity (Wildman–Crippen MR) is 80.3 cm³/mol. The molecule has 1 aliphatic heterocycles. The lowest BCUT2D eigenvalue weighted by atomic mass is 9.98. The summed E-state index contributed by atoms with van der Waals surface area (Å²) in [6.45, 7) is 1.47. The molecule has 0 bridgehead atoms. The molecule has 4 heteroatoms. The van der Waals surface area contributed by atoms with Crippen LogP contribution in [-0.2, 0) is 11.2 Å². The minimum atomic E-state index is -0.244. The van der Waals surface area contributed by atoms with Gasteiger partial charge in [-0.25, -0.2) is 4.39 Å². The van der Waals surface area contributed by atoms with Gasteiger partial charge in [-0.2, -0.15) is 0 Å². The Bertz CT molecular complexity index is 657. The summed E-state index contributed by atoms with van der Waals surface area (Å²) in [6, 6.07) is 14.2. The zero-order valence-electron chi connectivity index (χ0n) is 11.6. The molecule has 1 amide bonds. The lowest BCUT2D eigenvalue weighted by Crippen LogP contribution is -2.53. The predicted octanol–water partition coefficient (Wildman–Crippen LogP) is 2.12. The number of carbonyl (C=O) groups is 1. The molecule has 0 aromatic heterocycles. The van der Waals surface area contributed by atoms with Crippen molar-refractivity contribution in [1.29, 1.82) is 0 Å². The van der Waals surface area contributed by atoms with E-state index in [0.717, 1.165) is 23.2 Å². The van der Waals surface area contributed by atoms with Gasteiger partial charge in [-0.15, -0.1) is 0 Å². The van der Waals surface area contributed by atoms with Gasteiger partial charge in [0, 0.05) is 13.1 Å². The van der Waals surface area contributed by atoms with Crippen LogP contribution in [0, 0.1) is 5.82 Å². The molecule has 0 spiro atoms. The molecule has 3 nitrogen and oxygen atoms in total. The fourth-order valence-electron chi connectivity index (χ4n) is 2.59. The first-order valence-electron chi connectivity index (χ1n) is 7.08. The first-order chi connectivity index (χ1) is 10.2. The van der Waals surface area contributed by atoms with Crippen LogP contribution in [0.15, 0.2) is 48.5 Å². The Morgan fingerprint density at radius 3 is 2.57 bits per heavy atom. The van der Waals surface area contributed by atoms with Crippen molar-refractivity contribution in [2.45, 2.75) is 12.5 Å². The van der Waals surface area contributed by atoms with E-state index in [-0.39, 0.29) is 17.8 Å². The van der Waals surface area contributed by atoms with Crippen molar-refractivity contribution in [2.24, 2.45) is 0 Å². The van der Waals surface area contributed by atoms with Gasteiger partial charge in [-0.1, -0.05) is 36.4 Å². The molecule has 0 saturated carbocycles. The maximum absolute atomic E-state index is 13.3. The summed E-state index contributed by atoms with van der Waals surface area (Å²) in [4.78, 5) is 11.8. The summed E-state index contributed by atoms with van der Waals surface area (Å²) in [6.07, 6.45) is 0.634. The van der Waals surface area contributed by atoms with Crippen LogP contribution in [0.4, 0.5) is 4.39 Å². The molecule has 2 aromatic rings. The summed E-state index contributed by atoms with van der Waals surface area (Å²) in [7, 11) is 0. The highest BCUT2D eigenvalue weighted by Crippen LogP contribution is 2.22. The number of hydrogen-bond donors (Lipinski definition) is 2. The summed E-state index contributed by atoms with van der Waals surface area (Å²) in [5.74, 6) is -0.205. The largest absolute Gasteiger partial charge is 0.353 e. The monoisotopic (exact) mass is 284 g/mol. The number of halogens is 1.